The molecule has 1 aliphatic heterocycles. The first kappa shape index (κ1) is 18.1. The van der Waals surface area contributed by atoms with Gasteiger partial charge in [0, 0.05) is 12.1 Å². The Morgan fingerprint density at radius 3 is 2.50 bits per heavy atom. The lowest BCUT2D eigenvalue weighted by Gasteiger charge is -2.17. The van der Waals surface area contributed by atoms with E-state index >= 15 is 0 Å². The Kier molecular flexibility index (Phi) is 6.49. The van der Waals surface area contributed by atoms with Gasteiger partial charge >= 0.3 is 11.9 Å². The summed E-state index contributed by atoms with van der Waals surface area (Å²) in [5, 5.41) is 0. The highest BCUT2D eigenvalue weighted by molar-refractivity contribution is 5.97. The highest BCUT2D eigenvalue weighted by Crippen LogP contribution is 2.21. The zero-order chi connectivity index (χ0) is 17.5. The molecular weight excluding hydrogens is 310 g/mol. The van der Waals surface area contributed by atoms with Crippen LogP contribution in [0.1, 0.15) is 30.1 Å². The summed E-state index contributed by atoms with van der Waals surface area (Å²) in [6, 6.07) is 8.38. The highest BCUT2D eigenvalue weighted by Gasteiger charge is 2.33. The van der Waals surface area contributed by atoms with Gasteiger partial charge in [0.1, 0.15) is 12.6 Å². The Balaban J connectivity index is 1.65. The molecule has 24 heavy (non-hydrogen) atoms. The van der Waals surface area contributed by atoms with Crippen molar-refractivity contribution in [3.05, 3.63) is 35.9 Å². The number of benzene rings is 1. The van der Waals surface area contributed by atoms with Gasteiger partial charge in [0.15, 0.2) is 12.4 Å². The first-order chi connectivity index (χ1) is 11.5. The maximum absolute atomic E-state index is 12.0. The molecule has 1 saturated heterocycles. The zero-order valence-electron chi connectivity index (χ0n) is 14.1. The van der Waals surface area contributed by atoms with E-state index in [4.69, 9.17) is 9.47 Å². The lowest BCUT2D eigenvalue weighted by Crippen LogP contribution is -2.34. The first-order valence-electron chi connectivity index (χ1n) is 8.08. The second-order valence-electron chi connectivity index (χ2n) is 6.16. The first-order valence-corrected chi connectivity index (χ1v) is 8.08. The number of likely N-dealkylation sites (tertiary alicyclic amines) is 1. The average molecular weight is 333 g/mol. The van der Waals surface area contributed by atoms with Gasteiger partial charge in [0.2, 0.25) is 0 Å². The number of hydrogen-bond donors (Lipinski definition) is 0. The molecule has 2 unspecified atom stereocenters. The standard InChI is InChI=1S/C18H23NO5/c1-13-10-15(19(2)11-13)18(22)23-9-8-17(21)24-12-16(20)14-6-4-3-5-7-14/h3-7,13,15H,8-12H2,1-2H3. The van der Waals surface area contributed by atoms with E-state index in [-0.39, 0.29) is 37.4 Å². The predicted molar refractivity (Wildman–Crippen MR) is 87.5 cm³/mol. The highest BCUT2D eigenvalue weighted by atomic mass is 16.6. The molecule has 2 atom stereocenters. The van der Waals surface area contributed by atoms with Crippen molar-refractivity contribution in [2.45, 2.75) is 25.8 Å². The summed E-state index contributed by atoms with van der Waals surface area (Å²) in [6.07, 6.45) is 0.713. The Hall–Kier alpha value is -2.21. The van der Waals surface area contributed by atoms with Crippen molar-refractivity contribution in [3.8, 4) is 0 Å². The molecule has 1 heterocycles. The van der Waals surface area contributed by atoms with E-state index in [1.807, 2.05) is 11.9 Å². The molecular formula is C18H23NO5. The van der Waals surface area contributed by atoms with Gasteiger partial charge < -0.3 is 9.47 Å². The molecule has 1 aromatic carbocycles. The van der Waals surface area contributed by atoms with E-state index in [1.54, 1.807) is 30.3 Å². The van der Waals surface area contributed by atoms with Crippen LogP contribution in [0.2, 0.25) is 0 Å². The molecule has 1 aromatic rings. The van der Waals surface area contributed by atoms with E-state index in [0.717, 1.165) is 13.0 Å². The minimum absolute atomic E-state index is 0.0318. The van der Waals surface area contributed by atoms with Gasteiger partial charge in [-0.05, 0) is 19.4 Å². The van der Waals surface area contributed by atoms with Crippen molar-refractivity contribution in [2.24, 2.45) is 5.92 Å². The average Bonchev–Trinajstić information content (AvgIpc) is 2.92. The van der Waals surface area contributed by atoms with Gasteiger partial charge in [-0.1, -0.05) is 37.3 Å². The number of esters is 2. The molecule has 6 heteroatoms. The molecule has 0 N–H and O–H groups in total. The number of nitrogens with zero attached hydrogens (tertiary/aromatic N) is 1. The second kappa shape index (κ2) is 8.59. The van der Waals surface area contributed by atoms with E-state index < -0.39 is 5.97 Å². The molecule has 1 fully saturated rings. The van der Waals surface area contributed by atoms with Crippen molar-refractivity contribution in [3.63, 3.8) is 0 Å². The topological polar surface area (TPSA) is 72.9 Å². The van der Waals surface area contributed by atoms with Gasteiger partial charge in [-0.25, -0.2) is 0 Å². The van der Waals surface area contributed by atoms with Gasteiger partial charge in [0.25, 0.3) is 0 Å². The fourth-order valence-electron chi connectivity index (χ4n) is 2.79. The van der Waals surface area contributed by atoms with Crippen LogP contribution >= 0.6 is 0 Å². The van der Waals surface area contributed by atoms with Crippen LogP contribution in [0.15, 0.2) is 30.3 Å². The summed E-state index contributed by atoms with van der Waals surface area (Å²) in [7, 11) is 1.89. The summed E-state index contributed by atoms with van der Waals surface area (Å²) in [5.41, 5.74) is 0.495. The molecule has 0 aliphatic carbocycles. The molecule has 1 aliphatic rings. The quantitative estimate of drug-likeness (QED) is 0.558. The van der Waals surface area contributed by atoms with Gasteiger partial charge in [-0.2, -0.15) is 0 Å². The summed E-state index contributed by atoms with van der Waals surface area (Å²) in [5.74, 6) is -0.667. The maximum atomic E-state index is 12.0. The van der Waals surface area contributed by atoms with Gasteiger partial charge in [-0.3, -0.25) is 19.3 Å². The van der Waals surface area contributed by atoms with Gasteiger partial charge in [0.05, 0.1) is 6.42 Å². The molecule has 0 aromatic heterocycles. The number of likely N-dealkylation sites (N-methyl/N-ethyl adjacent to an activating group) is 1. The van der Waals surface area contributed by atoms with E-state index in [0.29, 0.717) is 11.5 Å². The summed E-state index contributed by atoms with van der Waals surface area (Å²) in [6.45, 7) is 2.61. The fourth-order valence-corrected chi connectivity index (χ4v) is 2.79. The van der Waals surface area contributed by atoms with Crippen molar-refractivity contribution in [1.29, 1.82) is 0 Å². The number of hydrogen-bond acceptors (Lipinski definition) is 6. The predicted octanol–water partition coefficient (Wildman–Crippen LogP) is 1.69. The Labute approximate surface area is 141 Å². The van der Waals surface area contributed by atoms with Crippen LogP contribution in [-0.2, 0) is 19.1 Å². The van der Waals surface area contributed by atoms with Gasteiger partial charge in [-0.15, -0.1) is 0 Å². The maximum Gasteiger partial charge on any atom is 0.323 e. The largest absolute Gasteiger partial charge is 0.464 e. The number of ketones is 1. The molecule has 2 rings (SSSR count). The minimum Gasteiger partial charge on any atom is -0.464 e. The number of carbonyl (C=O) groups is 3. The monoisotopic (exact) mass is 333 g/mol. The van der Waals surface area contributed by atoms with E-state index in [2.05, 4.69) is 6.92 Å². The van der Waals surface area contributed by atoms with E-state index in [1.165, 1.54) is 0 Å². The third-order valence-electron chi connectivity index (χ3n) is 4.04. The van der Waals surface area contributed by atoms with Crippen molar-refractivity contribution < 1.29 is 23.9 Å². The van der Waals surface area contributed by atoms with Crippen LogP contribution in [0, 0.1) is 5.92 Å². The molecule has 0 spiro atoms. The summed E-state index contributed by atoms with van der Waals surface area (Å²) < 4.78 is 10.1. The van der Waals surface area contributed by atoms with Crippen LogP contribution in [0.3, 0.4) is 0 Å². The number of Topliss-reactive ketones (excluding diaryl/α,β-unsaturated/α-hetero) is 1. The molecule has 0 saturated carbocycles. The fraction of sp³-hybridized carbons (Fsp3) is 0.500. The molecule has 6 nitrogen and oxygen atoms in total. The molecule has 0 radical (unpaired) electrons. The Morgan fingerprint density at radius 1 is 1.17 bits per heavy atom. The SMILES string of the molecule is CC1CC(C(=O)OCCC(=O)OCC(=O)c2ccccc2)N(C)C1. The summed E-state index contributed by atoms with van der Waals surface area (Å²) >= 11 is 0. The lowest BCUT2D eigenvalue weighted by molar-refractivity contribution is -0.151. The molecule has 0 amide bonds. The van der Waals surface area contributed by atoms with Crippen LogP contribution in [0.25, 0.3) is 0 Å². The Bertz CT molecular complexity index is 586. The third-order valence-corrected chi connectivity index (χ3v) is 4.04. The minimum atomic E-state index is -0.555. The van der Waals surface area contributed by atoms with Crippen molar-refractivity contribution in [1.82, 2.24) is 4.90 Å². The number of rotatable bonds is 7. The van der Waals surface area contributed by atoms with Crippen LogP contribution < -0.4 is 0 Å². The summed E-state index contributed by atoms with van der Waals surface area (Å²) in [4.78, 5) is 37.4. The molecule has 130 valence electrons. The number of carbonyl (C=O) groups excluding carboxylic acids is 3. The lowest BCUT2D eigenvalue weighted by atomic mass is 10.1. The number of ether oxygens (including phenoxy) is 2. The third kappa shape index (κ3) is 5.16. The van der Waals surface area contributed by atoms with Crippen LogP contribution in [0.4, 0.5) is 0 Å². The second-order valence-corrected chi connectivity index (χ2v) is 6.16. The normalized spacial score (nSPS) is 20.6. The Morgan fingerprint density at radius 2 is 1.88 bits per heavy atom. The van der Waals surface area contributed by atoms with Crippen LogP contribution in [-0.4, -0.2) is 55.5 Å². The molecule has 0 bridgehead atoms. The van der Waals surface area contributed by atoms with Crippen molar-refractivity contribution in [2.75, 3.05) is 26.8 Å². The smallest absolute Gasteiger partial charge is 0.323 e. The van der Waals surface area contributed by atoms with Crippen LogP contribution in [0.5, 0.6) is 0 Å². The zero-order valence-corrected chi connectivity index (χ0v) is 14.1. The van der Waals surface area contributed by atoms with Crippen molar-refractivity contribution >= 4 is 17.7 Å². The van der Waals surface area contributed by atoms with E-state index in [9.17, 15) is 14.4 Å².